The van der Waals surface area contributed by atoms with E-state index in [0.717, 1.165) is 19.6 Å². The van der Waals surface area contributed by atoms with Crippen molar-refractivity contribution in [3.63, 3.8) is 0 Å². The maximum absolute atomic E-state index is 5.54. The Morgan fingerprint density at radius 1 is 1.38 bits per heavy atom. The maximum atomic E-state index is 5.54. The van der Waals surface area contributed by atoms with Crippen LogP contribution < -0.4 is 0 Å². The molecule has 1 aromatic rings. The third-order valence-electron chi connectivity index (χ3n) is 3.32. The fourth-order valence-electron chi connectivity index (χ4n) is 2.21. The minimum absolute atomic E-state index is 0.443. The molecule has 0 amide bonds. The highest BCUT2D eigenvalue weighted by Crippen LogP contribution is 2.35. The van der Waals surface area contributed by atoms with E-state index < -0.39 is 0 Å². The molecule has 1 heterocycles. The van der Waals surface area contributed by atoms with Gasteiger partial charge in [0.15, 0.2) is 0 Å². The third-order valence-corrected chi connectivity index (χ3v) is 4.59. The predicted octanol–water partition coefficient (Wildman–Crippen LogP) is 4.11. The summed E-state index contributed by atoms with van der Waals surface area (Å²) in [6.07, 6.45) is 3.57. The lowest BCUT2D eigenvalue weighted by atomic mass is 9.93. The van der Waals surface area contributed by atoms with Gasteiger partial charge in [-0.1, -0.05) is 47.1 Å². The van der Waals surface area contributed by atoms with Crippen molar-refractivity contribution in [1.29, 1.82) is 0 Å². The van der Waals surface area contributed by atoms with Crippen LogP contribution in [0.15, 0.2) is 24.3 Å². The molecule has 0 bridgehead atoms. The fourth-order valence-corrected chi connectivity index (χ4v) is 2.93. The van der Waals surface area contributed by atoms with Crippen molar-refractivity contribution in [3.05, 3.63) is 35.4 Å². The Kier molecular flexibility index (Phi) is 4.42. The van der Waals surface area contributed by atoms with Crippen LogP contribution >= 0.6 is 15.9 Å². The highest BCUT2D eigenvalue weighted by atomic mass is 79.9. The second-order valence-corrected chi connectivity index (χ2v) is 5.46. The number of hydrogen-bond acceptors (Lipinski definition) is 1. The van der Waals surface area contributed by atoms with E-state index in [2.05, 4.69) is 47.1 Å². The third kappa shape index (κ3) is 2.86. The standard InChI is InChI=1S/C14H19BrO/c1-2-11-5-7-12(8-6-11)14(15)13-4-3-9-16-10-13/h5-8,13-14H,2-4,9-10H2,1H3. The molecule has 0 spiro atoms. The number of rotatable bonds is 3. The Bertz CT molecular complexity index is 314. The Morgan fingerprint density at radius 2 is 2.12 bits per heavy atom. The number of halogens is 1. The molecule has 2 rings (SSSR count). The van der Waals surface area contributed by atoms with Gasteiger partial charge >= 0.3 is 0 Å². The summed E-state index contributed by atoms with van der Waals surface area (Å²) >= 11 is 3.81. The van der Waals surface area contributed by atoms with Crippen LogP contribution in [0.25, 0.3) is 0 Å². The van der Waals surface area contributed by atoms with Crippen molar-refractivity contribution in [2.75, 3.05) is 13.2 Å². The van der Waals surface area contributed by atoms with E-state index in [0.29, 0.717) is 10.7 Å². The Labute approximate surface area is 106 Å². The minimum atomic E-state index is 0.443. The quantitative estimate of drug-likeness (QED) is 0.758. The van der Waals surface area contributed by atoms with Gasteiger partial charge in [-0.15, -0.1) is 0 Å². The van der Waals surface area contributed by atoms with Crippen molar-refractivity contribution >= 4 is 15.9 Å². The predicted molar refractivity (Wildman–Crippen MR) is 71.0 cm³/mol. The summed E-state index contributed by atoms with van der Waals surface area (Å²) in [6, 6.07) is 8.94. The number of hydrogen-bond donors (Lipinski definition) is 0. The van der Waals surface area contributed by atoms with Crippen LogP contribution in [0, 0.1) is 5.92 Å². The first kappa shape index (κ1) is 12.1. The summed E-state index contributed by atoms with van der Waals surface area (Å²) in [7, 11) is 0. The zero-order chi connectivity index (χ0) is 11.4. The van der Waals surface area contributed by atoms with Gasteiger partial charge in [0.25, 0.3) is 0 Å². The summed E-state index contributed by atoms with van der Waals surface area (Å²) in [6.45, 7) is 4.02. The van der Waals surface area contributed by atoms with Crippen LogP contribution in [0.3, 0.4) is 0 Å². The maximum Gasteiger partial charge on any atom is 0.0508 e. The van der Waals surface area contributed by atoms with Crippen LogP contribution in [-0.4, -0.2) is 13.2 Å². The number of benzene rings is 1. The Hall–Kier alpha value is -0.340. The summed E-state index contributed by atoms with van der Waals surface area (Å²) in [5, 5.41) is 0. The topological polar surface area (TPSA) is 9.23 Å². The van der Waals surface area contributed by atoms with Crippen molar-refractivity contribution in [1.82, 2.24) is 0 Å². The molecule has 0 N–H and O–H groups in total. The van der Waals surface area contributed by atoms with Gasteiger partial charge in [0.2, 0.25) is 0 Å². The van der Waals surface area contributed by atoms with E-state index in [1.807, 2.05) is 0 Å². The number of aryl methyl sites for hydroxylation is 1. The SMILES string of the molecule is CCc1ccc(C(Br)C2CCCOC2)cc1. The first-order valence-electron chi connectivity index (χ1n) is 6.12. The van der Waals surface area contributed by atoms with E-state index in [1.165, 1.54) is 24.0 Å². The average Bonchev–Trinajstić information content (AvgIpc) is 2.39. The molecule has 88 valence electrons. The molecule has 2 atom stereocenters. The Balaban J connectivity index is 2.04. The second-order valence-electron chi connectivity index (χ2n) is 4.47. The average molecular weight is 283 g/mol. The van der Waals surface area contributed by atoms with E-state index in [-0.39, 0.29) is 0 Å². The van der Waals surface area contributed by atoms with Crippen LogP contribution in [-0.2, 0) is 11.2 Å². The molecule has 1 aliphatic rings. The van der Waals surface area contributed by atoms with Crippen LogP contribution in [0.4, 0.5) is 0 Å². The van der Waals surface area contributed by atoms with Gasteiger partial charge in [-0.05, 0) is 36.3 Å². The van der Waals surface area contributed by atoms with Gasteiger partial charge in [0, 0.05) is 11.4 Å². The molecule has 2 unspecified atom stereocenters. The fraction of sp³-hybridized carbons (Fsp3) is 0.571. The van der Waals surface area contributed by atoms with Gasteiger partial charge in [-0.3, -0.25) is 0 Å². The lowest BCUT2D eigenvalue weighted by molar-refractivity contribution is 0.0546. The molecule has 0 radical (unpaired) electrons. The molecule has 1 nitrogen and oxygen atoms in total. The molecular weight excluding hydrogens is 264 g/mol. The summed E-state index contributed by atoms with van der Waals surface area (Å²) < 4.78 is 5.54. The van der Waals surface area contributed by atoms with E-state index in [9.17, 15) is 0 Å². The van der Waals surface area contributed by atoms with Gasteiger partial charge < -0.3 is 4.74 Å². The van der Waals surface area contributed by atoms with Crippen molar-refractivity contribution < 1.29 is 4.74 Å². The normalized spacial score (nSPS) is 23.0. The largest absolute Gasteiger partial charge is 0.381 e. The molecule has 1 saturated heterocycles. The monoisotopic (exact) mass is 282 g/mol. The number of alkyl halides is 1. The number of ether oxygens (including phenoxy) is 1. The zero-order valence-corrected chi connectivity index (χ0v) is 11.4. The van der Waals surface area contributed by atoms with Gasteiger partial charge in [-0.25, -0.2) is 0 Å². The van der Waals surface area contributed by atoms with Crippen molar-refractivity contribution in [2.24, 2.45) is 5.92 Å². The first-order chi connectivity index (χ1) is 7.81. The van der Waals surface area contributed by atoms with Crippen LogP contribution in [0.5, 0.6) is 0 Å². The van der Waals surface area contributed by atoms with Gasteiger partial charge in [0.1, 0.15) is 0 Å². The lowest BCUT2D eigenvalue weighted by Crippen LogP contribution is -2.20. The highest BCUT2D eigenvalue weighted by Gasteiger charge is 2.23. The summed E-state index contributed by atoms with van der Waals surface area (Å²) in [5.74, 6) is 0.626. The molecule has 0 aromatic heterocycles. The van der Waals surface area contributed by atoms with Crippen molar-refractivity contribution in [3.8, 4) is 0 Å². The molecule has 1 aromatic carbocycles. The minimum Gasteiger partial charge on any atom is -0.381 e. The molecule has 2 heteroatoms. The zero-order valence-electron chi connectivity index (χ0n) is 9.79. The molecule has 1 fully saturated rings. The summed E-state index contributed by atoms with van der Waals surface area (Å²) in [5.41, 5.74) is 2.79. The van der Waals surface area contributed by atoms with E-state index in [1.54, 1.807) is 0 Å². The molecule has 1 aliphatic heterocycles. The van der Waals surface area contributed by atoms with Crippen LogP contribution in [0.1, 0.15) is 35.7 Å². The van der Waals surface area contributed by atoms with Gasteiger partial charge in [0.05, 0.1) is 6.61 Å². The van der Waals surface area contributed by atoms with E-state index in [4.69, 9.17) is 4.74 Å². The van der Waals surface area contributed by atoms with Crippen molar-refractivity contribution in [2.45, 2.75) is 31.0 Å². The molecule has 16 heavy (non-hydrogen) atoms. The second kappa shape index (κ2) is 5.83. The van der Waals surface area contributed by atoms with Crippen LogP contribution in [0.2, 0.25) is 0 Å². The van der Waals surface area contributed by atoms with Gasteiger partial charge in [-0.2, -0.15) is 0 Å². The van der Waals surface area contributed by atoms with E-state index >= 15 is 0 Å². The smallest absolute Gasteiger partial charge is 0.0508 e. The Morgan fingerprint density at radius 3 is 2.69 bits per heavy atom. The first-order valence-corrected chi connectivity index (χ1v) is 7.03. The highest BCUT2D eigenvalue weighted by molar-refractivity contribution is 9.09. The molecule has 0 saturated carbocycles. The molecular formula is C14H19BrO. The lowest BCUT2D eigenvalue weighted by Gasteiger charge is -2.26. The summed E-state index contributed by atoms with van der Waals surface area (Å²) in [4.78, 5) is 0.443. The molecule has 0 aliphatic carbocycles.